The molecule has 2 aromatic carbocycles. The predicted molar refractivity (Wildman–Crippen MR) is 94.2 cm³/mol. The van der Waals surface area contributed by atoms with Crippen LogP contribution in [0, 0.1) is 5.82 Å². The number of benzene rings is 2. The summed E-state index contributed by atoms with van der Waals surface area (Å²) in [6.45, 7) is 0. The second-order valence-corrected chi connectivity index (χ2v) is 5.37. The Kier molecular flexibility index (Phi) is 3.63. The summed E-state index contributed by atoms with van der Waals surface area (Å²) in [5, 5.41) is 0. The third-order valence-corrected chi connectivity index (χ3v) is 3.76. The maximum Gasteiger partial charge on any atom is 0.139 e. The summed E-state index contributed by atoms with van der Waals surface area (Å²) in [7, 11) is 0. The Morgan fingerprint density at radius 2 is 1.62 bits per heavy atom. The molecule has 0 atom stereocenters. The van der Waals surface area contributed by atoms with Crippen LogP contribution >= 0.6 is 0 Å². The average molecular weight is 315 g/mol. The minimum Gasteiger partial charge on any atom is -0.277 e. The van der Waals surface area contributed by atoms with E-state index in [1.165, 1.54) is 12.1 Å². The van der Waals surface area contributed by atoms with E-state index in [4.69, 9.17) is 0 Å². The van der Waals surface area contributed by atoms with E-state index < -0.39 is 0 Å². The molecule has 4 heteroatoms. The molecule has 2 heterocycles. The zero-order chi connectivity index (χ0) is 16.4. The summed E-state index contributed by atoms with van der Waals surface area (Å²) in [5.41, 5.74) is 2.81. The van der Waals surface area contributed by atoms with Gasteiger partial charge in [0.25, 0.3) is 0 Å². The molecule has 0 aliphatic carbocycles. The molecule has 0 unspecified atom stereocenters. The molecule has 3 nitrogen and oxygen atoms in total. The first-order valence-electron chi connectivity index (χ1n) is 7.64. The zero-order valence-electron chi connectivity index (χ0n) is 12.8. The number of para-hydroxylation sites is 2. The average Bonchev–Trinajstić information content (AvgIpc) is 3.00. The Bertz CT molecular complexity index is 1000. The van der Waals surface area contributed by atoms with E-state index >= 15 is 0 Å². The first-order valence-corrected chi connectivity index (χ1v) is 7.64. The van der Waals surface area contributed by atoms with Crippen LogP contribution < -0.4 is 0 Å². The fourth-order valence-corrected chi connectivity index (χ4v) is 2.63. The number of hydrogen-bond donors (Lipinski definition) is 0. The van der Waals surface area contributed by atoms with Gasteiger partial charge in [0, 0.05) is 6.20 Å². The number of rotatable bonds is 3. The van der Waals surface area contributed by atoms with Gasteiger partial charge in [0.05, 0.1) is 11.0 Å². The molecule has 0 saturated carbocycles. The van der Waals surface area contributed by atoms with Crippen LogP contribution in [0.1, 0.15) is 11.4 Å². The SMILES string of the molecule is Fc1ccc(/C=C/c2nc3ccccc3n2-c2ccccn2)cc1. The van der Waals surface area contributed by atoms with E-state index in [0.717, 1.165) is 28.2 Å². The summed E-state index contributed by atoms with van der Waals surface area (Å²) in [5.74, 6) is 1.34. The summed E-state index contributed by atoms with van der Waals surface area (Å²) in [4.78, 5) is 9.12. The topological polar surface area (TPSA) is 30.7 Å². The number of pyridine rings is 1. The van der Waals surface area contributed by atoms with Gasteiger partial charge in [-0.2, -0.15) is 0 Å². The normalized spacial score (nSPS) is 11.4. The zero-order valence-corrected chi connectivity index (χ0v) is 12.8. The Hall–Kier alpha value is -3.27. The van der Waals surface area contributed by atoms with Gasteiger partial charge in [-0.3, -0.25) is 4.57 Å². The quantitative estimate of drug-likeness (QED) is 0.547. The van der Waals surface area contributed by atoms with E-state index in [1.807, 2.05) is 59.2 Å². The van der Waals surface area contributed by atoms with Crippen LogP contribution in [0.15, 0.2) is 72.9 Å². The van der Waals surface area contributed by atoms with Gasteiger partial charge in [0.1, 0.15) is 17.5 Å². The molecule has 4 aromatic rings. The van der Waals surface area contributed by atoms with E-state index in [9.17, 15) is 4.39 Å². The maximum absolute atomic E-state index is 13.0. The molecule has 0 spiro atoms. The van der Waals surface area contributed by atoms with E-state index in [2.05, 4.69) is 9.97 Å². The lowest BCUT2D eigenvalue weighted by Crippen LogP contribution is -1.99. The van der Waals surface area contributed by atoms with Crippen molar-refractivity contribution in [3.63, 3.8) is 0 Å². The van der Waals surface area contributed by atoms with Crippen LogP contribution in [0.5, 0.6) is 0 Å². The smallest absolute Gasteiger partial charge is 0.139 e. The number of nitrogens with zero attached hydrogens (tertiary/aromatic N) is 3. The molecule has 0 aliphatic heterocycles. The lowest BCUT2D eigenvalue weighted by Gasteiger charge is -2.05. The highest BCUT2D eigenvalue weighted by atomic mass is 19.1. The van der Waals surface area contributed by atoms with Crippen molar-refractivity contribution in [2.45, 2.75) is 0 Å². The summed E-state index contributed by atoms with van der Waals surface area (Å²) >= 11 is 0. The second kappa shape index (κ2) is 6.08. The summed E-state index contributed by atoms with van der Waals surface area (Å²) in [6.07, 6.45) is 5.60. The Morgan fingerprint density at radius 1 is 0.833 bits per heavy atom. The Morgan fingerprint density at radius 3 is 2.42 bits per heavy atom. The van der Waals surface area contributed by atoms with Crippen molar-refractivity contribution in [3.8, 4) is 5.82 Å². The van der Waals surface area contributed by atoms with Gasteiger partial charge in [-0.05, 0) is 48.0 Å². The number of fused-ring (bicyclic) bond motifs is 1. The van der Waals surface area contributed by atoms with Gasteiger partial charge in [-0.1, -0.05) is 36.4 Å². The molecular weight excluding hydrogens is 301 g/mol. The van der Waals surface area contributed by atoms with Gasteiger partial charge in [-0.25, -0.2) is 14.4 Å². The summed E-state index contributed by atoms with van der Waals surface area (Å²) in [6, 6.07) is 20.1. The largest absolute Gasteiger partial charge is 0.277 e. The maximum atomic E-state index is 13.0. The molecule has 116 valence electrons. The van der Waals surface area contributed by atoms with Crippen molar-refractivity contribution >= 4 is 23.2 Å². The van der Waals surface area contributed by atoms with Gasteiger partial charge < -0.3 is 0 Å². The monoisotopic (exact) mass is 315 g/mol. The minimum absolute atomic E-state index is 0.243. The third-order valence-electron chi connectivity index (χ3n) is 3.76. The summed E-state index contributed by atoms with van der Waals surface area (Å²) < 4.78 is 15.0. The number of halogens is 1. The molecule has 2 aromatic heterocycles. The van der Waals surface area contributed by atoms with Crippen LogP contribution in [0.3, 0.4) is 0 Å². The third kappa shape index (κ3) is 2.70. The molecule has 0 fully saturated rings. The van der Waals surface area contributed by atoms with E-state index in [0.29, 0.717) is 0 Å². The van der Waals surface area contributed by atoms with Gasteiger partial charge in [0.2, 0.25) is 0 Å². The fourth-order valence-electron chi connectivity index (χ4n) is 2.63. The molecule has 24 heavy (non-hydrogen) atoms. The van der Waals surface area contributed by atoms with Crippen LogP contribution in [-0.2, 0) is 0 Å². The van der Waals surface area contributed by atoms with Crippen molar-refractivity contribution in [3.05, 3.63) is 90.1 Å². The highest BCUT2D eigenvalue weighted by molar-refractivity contribution is 5.81. The lowest BCUT2D eigenvalue weighted by atomic mass is 10.2. The van der Waals surface area contributed by atoms with Crippen LogP contribution in [0.25, 0.3) is 29.0 Å². The molecule has 4 rings (SSSR count). The van der Waals surface area contributed by atoms with Gasteiger partial charge >= 0.3 is 0 Å². The van der Waals surface area contributed by atoms with Crippen LogP contribution in [-0.4, -0.2) is 14.5 Å². The lowest BCUT2D eigenvalue weighted by molar-refractivity contribution is 0.628. The molecule has 0 amide bonds. The number of hydrogen-bond acceptors (Lipinski definition) is 2. The van der Waals surface area contributed by atoms with Crippen LogP contribution in [0.4, 0.5) is 4.39 Å². The molecule has 0 bridgehead atoms. The molecule has 0 saturated heterocycles. The van der Waals surface area contributed by atoms with E-state index in [-0.39, 0.29) is 5.82 Å². The molecule has 0 aliphatic rings. The van der Waals surface area contributed by atoms with Crippen molar-refractivity contribution < 1.29 is 4.39 Å². The predicted octanol–water partition coefficient (Wildman–Crippen LogP) is 4.73. The van der Waals surface area contributed by atoms with Crippen molar-refractivity contribution in [1.29, 1.82) is 0 Å². The Balaban J connectivity index is 1.84. The first kappa shape index (κ1) is 14.3. The van der Waals surface area contributed by atoms with Crippen molar-refractivity contribution in [2.75, 3.05) is 0 Å². The van der Waals surface area contributed by atoms with Gasteiger partial charge in [-0.15, -0.1) is 0 Å². The second-order valence-electron chi connectivity index (χ2n) is 5.37. The Labute approximate surface area is 138 Å². The van der Waals surface area contributed by atoms with E-state index in [1.54, 1.807) is 18.3 Å². The van der Waals surface area contributed by atoms with Crippen molar-refractivity contribution in [2.24, 2.45) is 0 Å². The van der Waals surface area contributed by atoms with Gasteiger partial charge in [0.15, 0.2) is 0 Å². The van der Waals surface area contributed by atoms with Crippen molar-refractivity contribution in [1.82, 2.24) is 14.5 Å². The highest BCUT2D eigenvalue weighted by Crippen LogP contribution is 2.21. The first-order chi connectivity index (χ1) is 11.8. The highest BCUT2D eigenvalue weighted by Gasteiger charge is 2.10. The van der Waals surface area contributed by atoms with Crippen LogP contribution in [0.2, 0.25) is 0 Å². The molecule has 0 radical (unpaired) electrons. The molecule has 0 N–H and O–H groups in total. The number of aromatic nitrogens is 3. The minimum atomic E-state index is -0.243. The molecular formula is C20H14FN3. The fraction of sp³-hybridized carbons (Fsp3) is 0. The standard InChI is InChI=1S/C20H14FN3/c21-16-11-8-15(9-12-16)10-13-20-23-17-5-1-2-6-18(17)24(20)19-7-3-4-14-22-19/h1-14H/b13-10+. The number of imidazole rings is 1.